The van der Waals surface area contributed by atoms with Gasteiger partial charge in [0.25, 0.3) is 0 Å². The van der Waals surface area contributed by atoms with Gasteiger partial charge in [0.15, 0.2) is 0 Å². The predicted molar refractivity (Wildman–Crippen MR) is 66.2 cm³/mol. The number of carbonyl (C=O) groups excluding carboxylic acids is 1. The predicted octanol–water partition coefficient (Wildman–Crippen LogP) is 3.11. The molecule has 2 rings (SSSR count). The maximum atomic E-state index is 11.7. The third-order valence-corrected chi connectivity index (χ3v) is 2.40. The molecule has 0 aromatic heterocycles. The number of esters is 1. The van der Waals surface area contributed by atoms with Crippen LogP contribution in [0.15, 0.2) is 36.4 Å². The monoisotopic (exact) mass is 230 g/mol. The molecule has 88 valence electrons. The number of phenolic OH excluding ortho intramolecular Hbond substituents is 1. The molecule has 0 saturated heterocycles. The Morgan fingerprint density at radius 2 is 1.76 bits per heavy atom. The Balaban J connectivity index is 2.38. The average molecular weight is 230 g/mol. The van der Waals surface area contributed by atoms with E-state index in [4.69, 9.17) is 4.74 Å². The minimum atomic E-state index is -0.324. The molecule has 0 radical (unpaired) electrons. The maximum absolute atomic E-state index is 11.7. The van der Waals surface area contributed by atoms with E-state index in [0.29, 0.717) is 5.56 Å². The van der Waals surface area contributed by atoms with Gasteiger partial charge in [0.2, 0.25) is 0 Å². The van der Waals surface area contributed by atoms with E-state index in [0.717, 1.165) is 10.8 Å². The van der Waals surface area contributed by atoms with Gasteiger partial charge in [-0.15, -0.1) is 0 Å². The van der Waals surface area contributed by atoms with Crippen LogP contribution in [0.2, 0.25) is 0 Å². The summed E-state index contributed by atoms with van der Waals surface area (Å²) in [6, 6.07) is 10.3. The smallest absolute Gasteiger partial charge is 0.338 e. The Hall–Kier alpha value is -2.03. The summed E-state index contributed by atoms with van der Waals surface area (Å²) >= 11 is 0. The number of ether oxygens (including phenoxy) is 1. The van der Waals surface area contributed by atoms with E-state index in [-0.39, 0.29) is 17.8 Å². The third-order valence-electron chi connectivity index (χ3n) is 2.40. The SMILES string of the molecule is CC(C)OC(=O)c1ccc2cc(O)ccc2c1. The zero-order valence-electron chi connectivity index (χ0n) is 9.81. The normalized spacial score (nSPS) is 10.8. The summed E-state index contributed by atoms with van der Waals surface area (Å²) in [4.78, 5) is 11.7. The first-order valence-electron chi connectivity index (χ1n) is 5.50. The fraction of sp³-hybridized carbons (Fsp3) is 0.214. The molecule has 0 saturated carbocycles. The number of benzene rings is 2. The Labute approximate surface area is 99.6 Å². The van der Waals surface area contributed by atoms with Crippen molar-refractivity contribution >= 4 is 16.7 Å². The topological polar surface area (TPSA) is 46.5 Å². The number of hydrogen-bond acceptors (Lipinski definition) is 3. The van der Waals surface area contributed by atoms with E-state index in [1.165, 1.54) is 0 Å². The van der Waals surface area contributed by atoms with E-state index in [1.54, 1.807) is 36.4 Å². The Bertz CT molecular complexity index is 558. The highest BCUT2D eigenvalue weighted by molar-refractivity contribution is 5.95. The average Bonchev–Trinajstić information content (AvgIpc) is 2.27. The molecule has 0 atom stereocenters. The first-order chi connectivity index (χ1) is 8.06. The third kappa shape index (κ3) is 2.56. The second-order valence-electron chi connectivity index (χ2n) is 4.20. The maximum Gasteiger partial charge on any atom is 0.338 e. The number of hydrogen-bond donors (Lipinski definition) is 1. The molecule has 1 N–H and O–H groups in total. The molecule has 3 heteroatoms. The van der Waals surface area contributed by atoms with Gasteiger partial charge < -0.3 is 9.84 Å². The molecule has 0 aliphatic rings. The number of rotatable bonds is 2. The second-order valence-corrected chi connectivity index (χ2v) is 4.20. The van der Waals surface area contributed by atoms with Crippen LogP contribution in [0, 0.1) is 0 Å². The highest BCUT2D eigenvalue weighted by Crippen LogP contribution is 2.21. The summed E-state index contributed by atoms with van der Waals surface area (Å²) < 4.78 is 5.12. The van der Waals surface area contributed by atoms with Crippen molar-refractivity contribution in [2.45, 2.75) is 20.0 Å². The molecule has 0 spiro atoms. The fourth-order valence-electron chi connectivity index (χ4n) is 1.64. The number of carbonyl (C=O) groups is 1. The number of fused-ring (bicyclic) bond motifs is 1. The lowest BCUT2D eigenvalue weighted by molar-refractivity contribution is 0.0378. The van der Waals surface area contributed by atoms with Gasteiger partial charge in [0.1, 0.15) is 5.75 Å². The molecule has 0 aliphatic heterocycles. The van der Waals surface area contributed by atoms with Crippen LogP contribution in [0.25, 0.3) is 10.8 Å². The molecule has 0 fully saturated rings. The zero-order chi connectivity index (χ0) is 12.4. The molecule has 17 heavy (non-hydrogen) atoms. The Morgan fingerprint density at radius 1 is 1.12 bits per heavy atom. The van der Waals surface area contributed by atoms with Gasteiger partial charge in [-0.2, -0.15) is 0 Å². The fourth-order valence-corrected chi connectivity index (χ4v) is 1.64. The quantitative estimate of drug-likeness (QED) is 0.806. The standard InChI is InChI=1S/C14H14O3/c1-9(2)17-14(16)12-4-3-11-8-13(15)6-5-10(11)7-12/h3-9,15H,1-2H3. The molecule has 2 aromatic rings. The van der Waals surface area contributed by atoms with E-state index in [1.807, 2.05) is 13.8 Å². The minimum absolute atomic E-state index is 0.127. The summed E-state index contributed by atoms with van der Waals surface area (Å²) in [5, 5.41) is 11.1. The first kappa shape index (κ1) is 11.5. The summed E-state index contributed by atoms with van der Waals surface area (Å²) in [5.74, 6) is -0.106. The summed E-state index contributed by atoms with van der Waals surface area (Å²) in [6.45, 7) is 3.63. The van der Waals surface area contributed by atoms with Crippen molar-refractivity contribution < 1.29 is 14.6 Å². The molecule has 0 amide bonds. The minimum Gasteiger partial charge on any atom is -0.508 e. The van der Waals surface area contributed by atoms with E-state index in [2.05, 4.69) is 0 Å². The van der Waals surface area contributed by atoms with E-state index in [9.17, 15) is 9.90 Å². The molecular weight excluding hydrogens is 216 g/mol. The molecule has 0 aliphatic carbocycles. The summed E-state index contributed by atoms with van der Waals surface area (Å²) in [5.41, 5.74) is 0.525. The van der Waals surface area contributed by atoms with Crippen LogP contribution in [0.5, 0.6) is 5.75 Å². The molecule has 0 bridgehead atoms. The van der Waals surface area contributed by atoms with Crippen molar-refractivity contribution in [2.75, 3.05) is 0 Å². The van der Waals surface area contributed by atoms with Gasteiger partial charge in [-0.3, -0.25) is 0 Å². The van der Waals surface area contributed by atoms with E-state index < -0.39 is 0 Å². The molecule has 2 aromatic carbocycles. The zero-order valence-corrected chi connectivity index (χ0v) is 9.81. The van der Waals surface area contributed by atoms with Crippen LogP contribution in [0.4, 0.5) is 0 Å². The van der Waals surface area contributed by atoms with Crippen molar-refractivity contribution in [3.8, 4) is 5.75 Å². The second kappa shape index (κ2) is 4.45. The van der Waals surface area contributed by atoms with E-state index >= 15 is 0 Å². The van der Waals surface area contributed by atoms with Gasteiger partial charge in [-0.05, 0) is 48.9 Å². The highest BCUT2D eigenvalue weighted by Gasteiger charge is 2.09. The van der Waals surface area contributed by atoms with Crippen LogP contribution in [0.3, 0.4) is 0 Å². The lowest BCUT2D eigenvalue weighted by atomic mass is 10.1. The van der Waals surface area contributed by atoms with Crippen LogP contribution < -0.4 is 0 Å². The Kier molecular flexibility index (Phi) is 3.00. The highest BCUT2D eigenvalue weighted by atomic mass is 16.5. The van der Waals surface area contributed by atoms with Crippen molar-refractivity contribution in [3.63, 3.8) is 0 Å². The number of aromatic hydroxyl groups is 1. The van der Waals surface area contributed by atoms with Gasteiger partial charge in [0.05, 0.1) is 11.7 Å². The molecular formula is C14H14O3. The van der Waals surface area contributed by atoms with Crippen molar-refractivity contribution in [1.29, 1.82) is 0 Å². The van der Waals surface area contributed by atoms with Crippen molar-refractivity contribution in [3.05, 3.63) is 42.0 Å². The van der Waals surface area contributed by atoms with Crippen LogP contribution in [0.1, 0.15) is 24.2 Å². The first-order valence-corrected chi connectivity index (χ1v) is 5.50. The van der Waals surface area contributed by atoms with Gasteiger partial charge in [-0.25, -0.2) is 4.79 Å². The lowest BCUT2D eigenvalue weighted by Gasteiger charge is -2.08. The molecule has 0 unspecified atom stereocenters. The lowest BCUT2D eigenvalue weighted by Crippen LogP contribution is -2.11. The largest absolute Gasteiger partial charge is 0.508 e. The molecule has 3 nitrogen and oxygen atoms in total. The molecule has 0 heterocycles. The van der Waals surface area contributed by atoms with Crippen LogP contribution in [-0.2, 0) is 4.74 Å². The number of phenols is 1. The van der Waals surface area contributed by atoms with Gasteiger partial charge in [0, 0.05) is 0 Å². The van der Waals surface area contributed by atoms with Crippen molar-refractivity contribution in [2.24, 2.45) is 0 Å². The summed E-state index contributed by atoms with van der Waals surface area (Å²) in [6.07, 6.45) is -0.127. The van der Waals surface area contributed by atoms with Crippen LogP contribution in [-0.4, -0.2) is 17.2 Å². The van der Waals surface area contributed by atoms with Crippen LogP contribution >= 0.6 is 0 Å². The van der Waals surface area contributed by atoms with Crippen molar-refractivity contribution in [1.82, 2.24) is 0 Å². The van der Waals surface area contributed by atoms with Gasteiger partial charge in [-0.1, -0.05) is 12.1 Å². The summed E-state index contributed by atoms with van der Waals surface area (Å²) in [7, 11) is 0. The van der Waals surface area contributed by atoms with Gasteiger partial charge >= 0.3 is 5.97 Å². The Morgan fingerprint density at radius 3 is 2.47 bits per heavy atom.